The Hall–Kier alpha value is -0.940. The summed E-state index contributed by atoms with van der Waals surface area (Å²) in [6.07, 6.45) is 0. The summed E-state index contributed by atoms with van der Waals surface area (Å²) in [5, 5.41) is 3.90. The zero-order chi connectivity index (χ0) is 15.4. The van der Waals surface area contributed by atoms with Gasteiger partial charge in [-0.25, -0.2) is 0 Å². The molecule has 2 aromatic carbocycles. The van der Waals surface area contributed by atoms with Crippen molar-refractivity contribution in [3.63, 3.8) is 0 Å². The number of rotatable bonds is 4. The number of nitrogens with one attached hydrogen (secondary N) is 1. The molecule has 0 atom stereocenters. The minimum absolute atomic E-state index is 0.203. The highest BCUT2D eigenvalue weighted by atomic mass is 79.9. The summed E-state index contributed by atoms with van der Waals surface area (Å²) >= 11 is 21.1. The van der Waals surface area contributed by atoms with E-state index in [1.54, 1.807) is 30.3 Å². The lowest BCUT2D eigenvalue weighted by Crippen LogP contribution is -2.20. The minimum Gasteiger partial charge on any atom is -0.481 e. The smallest absolute Gasteiger partial charge is 0.262 e. The van der Waals surface area contributed by atoms with Crippen LogP contribution in [0, 0.1) is 0 Å². The van der Waals surface area contributed by atoms with Crippen molar-refractivity contribution in [1.29, 1.82) is 0 Å². The SMILES string of the molecule is O=C(COc1c(Cl)cc(Cl)cc1Br)Nc1ccccc1Cl. The largest absolute Gasteiger partial charge is 0.481 e. The summed E-state index contributed by atoms with van der Waals surface area (Å²) < 4.78 is 5.98. The lowest BCUT2D eigenvalue weighted by molar-refractivity contribution is -0.118. The van der Waals surface area contributed by atoms with Gasteiger partial charge in [0.05, 0.1) is 20.2 Å². The summed E-state index contributed by atoms with van der Waals surface area (Å²) in [7, 11) is 0. The quantitative estimate of drug-likeness (QED) is 0.732. The van der Waals surface area contributed by atoms with E-state index in [-0.39, 0.29) is 12.5 Å². The predicted molar refractivity (Wildman–Crippen MR) is 89.7 cm³/mol. The fourth-order valence-corrected chi connectivity index (χ4v) is 3.10. The molecule has 0 heterocycles. The second-order valence-corrected chi connectivity index (χ2v) is 6.12. The van der Waals surface area contributed by atoms with Crippen LogP contribution in [0.4, 0.5) is 5.69 Å². The third kappa shape index (κ3) is 4.51. The molecule has 2 rings (SSSR count). The molecule has 0 radical (unpaired) electrons. The molecule has 1 N–H and O–H groups in total. The molecule has 0 unspecified atom stereocenters. The lowest BCUT2D eigenvalue weighted by atomic mass is 10.3. The van der Waals surface area contributed by atoms with Gasteiger partial charge in [0.25, 0.3) is 5.91 Å². The third-order valence-corrected chi connectivity index (χ3v) is 3.88. The maximum absolute atomic E-state index is 11.8. The zero-order valence-corrected chi connectivity index (χ0v) is 14.4. The van der Waals surface area contributed by atoms with Crippen LogP contribution < -0.4 is 10.1 Å². The van der Waals surface area contributed by atoms with Crippen molar-refractivity contribution in [1.82, 2.24) is 0 Å². The van der Waals surface area contributed by atoms with Crippen LogP contribution in [0.1, 0.15) is 0 Å². The first-order valence-corrected chi connectivity index (χ1v) is 7.72. The molecule has 21 heavy (non-hydrogen) atoms. The first-order valence-electron chi connectivity index (χ1n) is 5.79. The second-order valence-electron chi connectivity index (χ2n) is 4.02. The summed E-state index contributed by atoms with van der Waals surface area (Å²) in [6.45, 7) is -0.203. The highest BCUT2D eigenvalue weighted by molar-refractivity contribution is 9.10. The van der Waals surface area contributed by atoms with Crippen LogP contribution in [-0.4, -0.2) is 12.5 Å². The van der Waals surface area contributed by atoms with Crippen molar-refractivity contribution in [3.05, 3.63) is 55.9 Å². The van der Waals surface area contributed by atoms with Crippen molar-refractivity contribution in [2.45, 2.75) is 0 Å². The van der Waals surface area contributed by atoms with E-state index in [0.717, 1.165) is 0 Å². The van der Waals surface area contributed by atoms with Crippen LogP contribution in [0.2, 0.25) is 15.1 Å². The summed E-state index contributed by atoms with van der Waals surface area (Å²) in [4.78, 5) is 11.8. The van der Waals surface area contributed by atoms with E-state index >= 15 is 0 Å². The standard InChI is InChI=1S/C14H9BrCl3NO2/c15-9-5-8(16)6-11(18)14(9)21-7-13(20)19-12-4-2-1-3-10(12)17/h1-6H,7H2,(H,19,20). The second kappa shape index (κ2) is 7.36. The molecule has 0 bridgehead atoms. The monoisotopic (exact) mass is 407 g/mol. The molecule has 2 aromatic rings. The number of anilines is 1. The Morgan fingerprint density at radius 3 is 2.52 bits per heavy atom. The lowest BCUT2D eigenvalue weighted by Gasteiger charge is -2.11. The fraction of sp³-hybridized carbons (Fsp3) is 0.0714. The van der Waals surface area contributed by atoms with Gasteiger partial charge in [0.15, 0.2) is 12.4 Å². The zero-order valence-electron chi connectivity index (χ0n) is 10.5. The molecular formula is C14H9BrCl3NO2. The molecule has 0 aliphatic heterocycles. The van der Waals surface area contributed by atoms with E-state index in [0.29, 0.717) is 31.0 Å². The van der Waals surface area contributed by atoms with Gasteiger partial charge in [-0.3, -0.25) is 4.79 Å². The minimum atomic E-state index is -0.346. The van der Waals surface area contributed by atoms with Gasteiger partial charge in [-0.2, -0.15) is 0 Å². The molecule has 110 valence electrons. The molecule has 0 fully saturated rings. The van der Waals surface area contributed by atoms with Crippen LogP contribution in [0.25, 0.3) is 0 Å². The van der Waals surface area contributed by atoms with Gasteiger partial charge in [-0.15, -0.1) is 0 Å². The number of hydrogen-bond donors (Lipinski definition) is 1. The van der Waals surface area contributed by atoms with Crippen LogP contribution >= 0.6 is 50.7 Å². The summed E-state index contributed by atoms with van der Waals surface area (Å²) in [5.74, 6) is 0.0105. The molecule has 0 saturated carbocycles. The normalized spacial score (nSPS) is 10.3. The molecule has 7 heteroatoms. The van der Waals surface area contributed by atoms with Crippen molar-refractivity contribution < 1.29 is 9.53 Å². The van der Waals surface area contributed by atoms with Crippen molar-refractivity contribution in [2.75, 3.05) is 11.9 Å². The number of ether oxygens (including phenoxy) is 1. The highest BCUT2D eigenvalue weighted by Crippen LogP contribution is 2.36. The first kappa shape index (κ1) is 16.4. The molecule has 0 aliphatic rings. The fourth-order valence-electron chi connectivity index (χ4n) is 1.55. The summed E-state index contributed by atoms with van der Waals surface area (Å²) in [5.41, 5.74) is 0.522. The number of amides is 1. The Kier molecular flexibility index (Phi) is 5.76. The Morgan fingerprint density at radius 1 is 1.14 bits per heavy atom. The third-order valence-electron chi connectivity index (χ3n) is 2.46. The molecule has 1 amide bonds. The van der Waals surface area contributed by atoms with E-state index in [4.69, 9.17) is 39.5 Å². The van der Waals surface area contributed by atoms with E-state index in [2.05, 4.69) is 21.2 Å². The summed E-state index contributed by atoms with van der Waals surface area (Å²) in [6, 6.07) is 10.1. The van der Waals surface area contributed by atoms with Crippen LogP contribution in [-0.2, 0) is 4.79 Å². The first-order chi connectivity index (χ1) is 9.97. The Balaban J connectivity index is 2.01. The number of carbonyl (C=O) groups excluding carboxylic acids is 1. The molecule has 0 saturated heterocycles. The van der Waals surface area contributed by atoms with E-state index in [9.17, 15) is 4.79 Å². The maximum atomic E-state index is 11.8. The molecule has 3 nitrogen and oxygen atoms in total. The van der Waals surface area contributed by atoms with Gasteiger partial charge >= 0.3 is 0 Å². The van der Waals surface area contributed by atoms with Gasteiger partial charge in [-0.05, 0) is 40.2 Å². The van der Waals surface area contributed by atoms with Crippen LogP contribution in [0.3, 0.4) is 0 Å². The van der Waals surface area contributed by atoms with Crippen molar-refractivity contribution in [3.8, 4) is 5.75 Å². The van der Waals surface area contributed by atoms with E-state index in [1.807, 2.05) is 0 Å². The van der Waals surface area contributed by atoms with Crippen LogP contribution in [0.5, 0.6) is 5.75 Å². The van der Waals surface area contributed by atoms with Gasteiger partial charge in [-0.1, -0.05) is 46.9 Å². The number of para-hydroxylation sites is 1. The average molecular weight is 409 g/mol. The Bertz CT molecular complexity index is 656. The molecule has 0 aliphatic carbocycles. The van der Waals surface area contributed by atoms with E-state index in [1.165, 1.54) is 6.07 Å². The van der Waals surface area contributed by atoms with Crippen molar-refractivity contribution in [2.24, 2.45) is 0 Å². The van der Waals surface area contributed by atoms with Gasteiger partial charge < -0.3 is 10.1 Å². The average Bonchev–Trinajstić information content (AvgIpc) is 2.40. The predicted octanol–water partition coefficient (Wildman–Crippen LogP) is 5.43. The Labute approximate surface area is 145 Å². The van der Waals surface area contributed by atoms with Gasteiger partial charge in [0.2, 0.25) is 0 Å². The Morgan fingerprint density at radius 2 is 1.86 bits per heavy atom. The highest BCUT2D eigenvalue weighted by Gasteiger charge is 2.12. The number of halogens is 4. The topological polar surface area (TPSA) is 38.3 Å². The van der Waals surface area contributed by atoms with Crippen LogP contribution in [0.15, 0.2) is 40.9 Å². The number of carbonyl (C=O) groups is 1. The van der Waals surface area contributed by atoms with Gasteiger partial charge in [0.1, 0.15) is 0 Å². The number of benzene rings is 2. The van der Waals surface area contributed by atoms with Crippen molar-refractivity contribution >= 4 is 62.3 Å². The van der Waals surface area contributed by atoms with Gasteiger partial charge in [0, 0.05) is 5.02 Å². The van der Waals surface area contributed by atoms with E-state index < -0.39 is 0 Å². The molecule has 0 spiro atoms. The number of hydrogen-bond acceptors (Lipinski definition) is 2. The molecular weight excluding hydrogens is 400 g/mol. The maximum Gasteiger partial charge on any atom is 0.262 e. The molecule has 0 aromatic heterocycles.